The van der Waals surface area contributed by atoms with Gasteiger partial charge >= 0.3 is 0 Å². The fourth-order valence-corrected chi connectivity index (χ4v) is 4.78. The second kappa shape index (κ2) is 5.94. The molecule has 1 aliphatic heterocycles. The van der Waals surface area contributed by atoms with Gasteiger partial charge in [0.25, 0.3) is 0 Å². The molecule has 2 atom stereocenters. The van der Waals surface area contributed by atoms with Crippen LogP contribution in [0.4, 0.5) is 0 Å². The van der Waals surface area contributed by atoms with Crippen molar-refractivity contribution >= 4 is 11.3 Å². The van der Waals surface area contributed by atoms with Gasteiger partial charge in [-0.05, 0) is 43.7 Å². The number of nitrogens with zero attached hydrogens (tertiary/aromatic N) is 1. The van der Waals surface area contributed by atoms with Crippen molar-refractivity contribution < 1.29 is 0 Å². The molecule has 2 fully saturated rings. The lowest BCUT2D eigenvalue weighted by Gasteiger charge is -2.39. The average molecular weight is 278 g/mol. The second-order valence-corrected chi connectivity index (χ2v) is 7.76. The first kappa shape index (κ1) is 13.6. The number of thiophene rings is 1. The zero-order valence-corrected chi connectivity index (χ0v) is 12.8. The van der Waals surface area contributed by atoms with E-state index in [1.807, 2.05) is 11.3 Å². The first-order valence-corrected chi connectivity index (χ1v) is 8.59. The first-order valence-electron chi connectivity index (χ1n) is 7.77. The second-order valence-electron chi connectivity index (χ2n) is 6.39. The largest absolute Gasteiger partial charge is 0.316 e. The molecule has 3 rings (SSSR count). The van der Waals surface area contributed by atoms with Crippen molar-refractivity contribution in [3.8, 4) is 0 Å². The Hall–Kier alpha value is -0.380. The Kier molecular flexibility index (Phi) is 4.25. The van der Waals surface area contributed by atoms with E-state index < -0.39 is 0 Å². The smallest absolute Gasteiger partial charge is 0.0575 e. The van der Waals surface area contributed by atoms with Crippen molar-refractivity contribution in [2.75, 3.05) is 6.54 Å². The summed E-state index contributed by atoms with van der Waals surface area (Å²) in [6, 6.07) is 4.50. The summed E-state index contributed by atoms with van der Waals surface area (Å²) in [6.07, 6.45) is 8.66. The lowest BCUT2D eigenvalue weighted by atomic mass is 9.83. The molecule has 0 amide bonds. The number of aryl methyl sites for hydroxylation is 1. The van der Waals surface area contributed by atoms with Crippen LogP contribution in [-0.2, 0) is 6.54 Å². The molecule has 1 saturated heterocycles. The molecule has 0 bridgehead atoms. The number of likely N-dealkylation sites (tertiary alicyclic amines) is 1. The van der Waals surface area contributed by atoms with Crippen LogP contribution in [0.15, 0.2) is 12.1 Å². The van der Waals surface area contributed by atoms with E-state index in [2.05, 4.69) is 24.0 Å². The van der Waals surface area contributed by atoms with Gasteiger partial charge in [0.05, 0.1) is 6.17 Å². The highest BCUT2D eigenvalue weighted by Crippen LogP contribution is 2.37. The third-order valence-electron chi connectivity index (χ3n) is 4.99. The predicted molar refractivity (Wildman–Crippen MR) is 82.1 cm³/mol. The van der Waals surface area contributed by atoms with E-state index in [0.29, 0.717) is 0 Å². The summed E-state index contributed by atoms with van der Waals surface area (Å²) < 4.78 is 0. The van der Waals surface area contributed by atoms with Crippen molar-refractivity contribution in [1.29, 1.82) is 0 Å². The first-order chi connectivity index (χ1) is 9.22. The Bertz CT molecular complexity index is 409. The maximum atomic E-state index is 6.33. The molecular weight excluding hydrogens is 252 g/mol. The summed E-state index contributed by atoms with van der Waals surface area (Å²) in [5.41, 5.74) is 6.33. The van der Waals surface area contributed by atoms with Crippen LogP contribution in [0, 0.1) is 18.8 Å². The Morgan fingerprint density at radius 3 is 2.63 bits per heavy atom. The van der Waals surface area contributed by atoms with Gasteiger partial charge in [0.1, 0.15) is 0 Å². The average Bonchev–Trinajstić information content (AvgIpc) is 3.04. The van der Waals surface area contributed by atoms with E-state index in [0.717, 1.165) is 18.4 Å². The maximum Gasteiger partial charge on any atom is 0.0575 e. The Morgan fingerprint density at radius 2 is 1.95 bits per heavy atom. The van der Waals surface area contributed by atoms with Gasteiger partial charge in [-0.3, -0.25) is 4.90 Å². The summed E-state index contributed by atoms with van der Waals surface area (Å²) in [6.45, 7) is 4.47. The molecule has 1 aromatic rings. The fourth-order valence-electron chi connectivity index (χ4n) is 3.86. The van der Waals surface area contributed by atoms with E-state index in [1.54, 1.807) is 0 Å². The maximum absolute atomic E-state index is 6.33. The number of hydrogen-bond donors (Lipinski definition) is 1. The molecular formula is C16H26N2S. The van der Waals surface area contributed by atoms with E-state index >= 15 is 0 Å². The van der Waals surface area contributed by atoms with E-state index in [9.17, 15) is 0 Å². The summed E-state index contributed by atoms with van der Waals surface area (Å²) in [5, 5.41) is 0. The fraction of sp³-hybridized carbons (Fsp3) is 0.750. The van der Waals surface area contributed by atoms with Gasteiger partial charge in [-0.2, -0.15) is 0 Å². The minimum atomic E-state index is 0.278. The number of piperidine rings is 1. The van der Waals surface area contributed by atoms with Crippen LogP contribution < -0.4 is 5.73 Å². The quantitative estimate of drug-likeness (QED) is 0.912. The van der Waals surface area contributed by atoms with E-state index in [1.165, 1.54) is 54.8 Å². The van der Waals surface area contributed by atoms with Gasteiger partial charge < -0.3 is 5.73 Å². The Balaban J connectivity index is 1.62. The van der Waals surface area contributed by atoms with Crippen LogP contribution in [0.2, 0.25) is 0 Å². The van der Waals surface area contributed by atoms with Crippen molar-refractivity contribution in [2.45, 2.75) is 58.2 Å². The summed E-state index contributed by atoms with van der Waals surface area (Å²) >= 11 is 1.92. The molecule has 0 aromatic carbocycles. The zero-order chi connectivity index (χ0) is 13.2. The monoisotopic (exact) mass is 278 g/mol. The normalized spacial score (nSPS) is 30.0. The standard InChI is InChI=1S/C16H26N2S/c1-12-6-8-15(19-12)11-18-10-14(7-9-16(18)17)13-4-2-3-5-13/h6,8,13-14,16H,2-5,7,9-11,17H2,1H3. The molecule has 106 valence electrons. The van der Waals surface area contributed by atoms with Crippen LogP contribution >= 0.6 is 11.3 Å². The molecule has 3 heteroatoms. The van der Waals surface area contributed by atoms with Crippen LogP contribution in [0.3, 0.4) is 0 Å². The molecule has 2 heterocycles. The summed E-state index contributed by atoms with van der Waals surface area (Å²) in [4.78, 5) is 5.41. The molecule has 2 N–H and O–H groups in total. The SMILES string of the molecule is Cc1ccc(CN2CC(C3CCCC3)CCC2N)s1. The van der Waals surface area contributed by atoms with Gasteiger partial charge in [-0.25, -0.2) is 0 Å². The molecule has 1 aliphatic carbocycles. The topological polar surface area (TPSA) is 29.3 Å². The Labute approximate surface area is 121 Å². The molecule has 19 heavy (non-hydrogen) atoms. The lowest BCUT2D eigenvalue weighted by Crippen LogP contribution is -2.48. The van der Waals surface area contributed by atoms with Crippen LogP contribution in [0.25, 0.3) is 0 Å². The molecule has 0 spiro atoms. The predicted octanol–water partition coefficient (Wildman–Crippen LogP) is 3.74. The van der Waals surface area contributed by atoms with Crippen molar-refractivity contribution in [3.05, 3.63) is 21.9 Å². The van der Waals surface area contributed by atoms with Crippen LogP contribution in [-0.4, -0.2) is 17.6 Å². The third-order valence-corrected chi connectivity index (χ3v) is 5.98. The van der Waals surface area contributed by atoms with Crippen LogP contribution in [0.5, 0.6) is 0 Å². The highest BCUT2D eigenvalue weighted by Gasteiger charge is 2.32. The zero-order valence-electron chi connectivity index (χ0n) is 12.0. The molecule has 1 aromatic heterocycles. The molecule has 1 saturated carbocycles. The van der Waals surface area contributed by atoms with E-state index in [4.69, 9.17) is 5.73 Å². The van der Waals surface area contributed by atoms with Gasteiger partial charge in [0.15, 0.2) is 0 Å². The van der Waals surface area contributed by atoms with Gasteiger partial charge in [0, 0.05) is 22.8 Å². The van der Waals surface area contributed by atoms with Crippen molar-refractivity contribution in [3.63, 3.8) is 0 Å². The molecule has 2 nitrogen and oxygen atoms in total. The molecule has 2 unspecified atom stereocenters. The third kappa shape index (κ3) is 3.21. The number of rotatable bonds is 3. The highest BCUT2D eigenvalue weighted by atomic mass is 32.1. The molecule has 0 radical (unpaired) electrons. The van der Waals surface area contributed by atoms with Gasteiger partial charge in [-0.1, -0.05) is 25.7 Å². The molecule has 2 aliphatic rings. The van der Waals surface area contributed by atoms with Crippen LogP contribution in [0.1, 0.15) is 48.3 Å². The summed E-state index contributed by atoms with van der Waals surface area (Å²) in [7, 11) is 0. The van der Waals surface area contributed by atoms with E-state index in [-0.39, 0.29) is 6.17 Å². The lowest BCUT2D eigenvalue weighted by molar-refractivity contribution is 0.0779. The minimum absolute atomic E-state index is 0.278. The minimum Gasteiger partial charge on any atom is -0.316 e. The van der Waals surface area contributed by atoms with Gasteiger partial charge in [-0.15, -0.1) is 11.3 Å². The number of hydrogen-bond acceptors (Lipinski definition) is 3. The number of nitrogens with two attached hydrogens (primary N) is 1. The van der Waals surface area contributed by atoms with Gasteiger partial charge in [0.2, 0.25) is 0 Å². The Morgan fingerprint density at radius 1 is 1.16 bits per heavy atom. The highest BCUT2D eigenvalue weighted by molar-refractivity contribution is 7.11. The van der Waals surface area contributed by atoms with Crippen molar-refractivity contribution in [2.24, 2.45) is 17.6 Å². The van der Waals surface area contributed by atoms with Crippen molar-refractivity contribution in [1.82, 2.24) is 4.90 Å². The summed E-state index contributed by atoms with van der Waals surface area (Å²) in [5.74, 6) is 1.89.